The number of aromatic nitrogens is 2. The lowest BCUT2D eigenvalue weighted by Gasteiger charge is -2.33. The van der Waals surface area contributed by atoms with Gasteiger partial charge in [0.2, 0.25) is 0 Å². The predicted molar refractivity (Wildman–Crippen MR) is 154 cm³/mol. The van der Waals surface area contributed by atoms with Crippen LogP contribution >= 0.6 is 0 Å². The second-order valence-electron chi connectivity index (χ2n) is 10.1. The Morgan fingerprint density at radius 3 is 2.70 bits per heavy atom. The molecule has 4 N–H and O–H groups in total. The van der Waals surface area contributed by atoms with Crippen LogP contribution in [-0.2, 0) is 13.0 Å². The summed E-state index contributed by atoms with van der Waals surface area (Å²) in [5.41, 5.74) is 10.3. The number of aryl methyl sites for hydroxylation is 1. The number of hydrogen-bond acceptors (Lipinski definition) is 5. The number of anilines is 1. The lowest BCUT2D eigenvalue weighted by Crippen LogP contribution is -2.38. The standard InChI is InChI=1S/C31H34F2N6O/c1-4-27(34)39-15-5-6-22(17-39)9-14-26-28(30(35)38-18-37-26)19(2)23-10-7-21(8-11-23)16-36-31(40)24-12-13-25(32)29(33)20(24)3/h4,7-8,10-13,18,22,34H,1-2,5-6,9,14-17H2,3H3,(H,36,40)(H2,35,37,38). The van der Waals surface area contributed by atoms with Crippen molar-refractivity contribution >= 4 is 23.1 Å². The number of nitrogens with zero attached hydrogens (tertiary/aromatic N) is 3. The fourth-order valence-electron chi connectivity index (χ4n) is 5.09. The van der Waals surface area contributed by atoms with Gasteiger partial charge in [0.15, 0.2) is 11.6 Å². The van der Waals surface area contributed by atoms with Crippen LogP contribution in [0.15, 0.2) is 62.0 Å². The van der Waals surface area contributed by atoms with E-state index >= 15 is 0 Å². The highest BCUT2D eigenvalue weighted by molar-refractivity contribution is 5.95. The Hall–Kier alpha value is -4.40. The molecular formula is C31H34F2N6O. The van der Waals surface area contributed by atoms with Gasteiger partial charge in [-0.15, -0.1) is 0 Å². The molecule has 0 spiro atoms. The summed E-state index contributed by atoms with van der Waals surface area (Å²) >= 11 is 0. The molecule has 1 saturated heterocycles. The summed E-state index contributed by atoms with van der Waals surface area (Å²) in [4.78, 5) is 23.3. The van der Waals surface area contributed by atoms with Gasteiger partial charge in [0.25, 0.3) is 5.91 Å². The summed E-state index contributed by atoms with van der Waals surface area (Å²) in [5, 5.41) is 10.8. The maximum atomic E-state index is 13.8. The van der Waals surface area contributed by atoms with Crippen molar-refractivity contribution in [2.45, 2.75) is 39.2 Å². The monoisotopic (exact) mass is 544 g/mol. The number of nitrogens with one attached hydrogen (secondary N) is 2. The molecule has 1 atom stereocenters. The van der Waals surface area contributed by atoms with E-state index in [1.165, 1.54) is 19.3 Å². The smallest absolute Gasteiger partial charge is 0.251 e. The number of amides is 1. The molecule has 9 heteroatoms. The van der Waals surface area contributed by atoms with Crippen molar-refractivity contribution in [3.63, 3.8) is 0 Å². The van der Waals surface area contributed by atoms with E-state index in [9.17, 15) is 13.6 Å². The number of carbonyl (C=O) groups is 1. The van der Waals surface area contributed by atoms with Gasteiger partial charge in [0.1, 0.15) is 18.0 Å². The van der Waals surface area contributed by atoms with Crippen LogP contribution in [-0.4, -0.2) is 39.7 Å². The number of carbonyl (C=O) groups excluding carboxylic acids is 1. The first kappa shape index (κ1) is 28.6. The minimum absolute atomic E-state index is 0.0281. The molecule has 0 aliphatic carbocycles. The number of halogens is 2. The van der Waals surface area contributed by atoms with Crippen molar-refractivity contribution in [3.8, 4) is 0 Å². The van der Waals surface area contributed by atoms with Crippen molar-refractivity contribution < 1.29 is 13.6 Å². The first-order valence-corrected chi connectivity index (χ1v) is 13.3. The molecule has 40 heavy (non-hydrogen) atoms. The second kappa shape index (κ2) is 12.6. The third kappa shape index (κ3) is 6.42. The molecule has 0 saturated carbocycles. The van der Waals surface area contributed by atoms with E-state index in [0.717, 1.165) is 60.8 Å². The average molecular weight is 545 g/mol. The second-order valence-corrected chi connectivity index (χ2v) is 10.1. The zero-order chi connectivity index (χ0) is 28.8. The van der Waals surface area contributed by atoms with Gasteiger partial charge in [0, 0.05) is 36.3 Å². The molecule has 2 heterocycles. The number of benzene rings is 2. The molecule has 1 aliphatic rings. The van der Waals surface area contributed by atoms with Gasteiger partial charge in [0.05, 0.1) is 5.69 Å². The lowest BCUT2D eigenvalue weighted by molar-refractivity contribution is 0.0949. The molecule has 0 radical (unpaired) electrons. The van der Waals surface area contributed by atoms with Gasteiger partial charge in [-0.3, -0.25) is 10.2 Å². The Bertz CT molecular complexity index is 1440. The Morgan fingerprint density at radius 2 is 1.98 bits per heavy atom. The summed E-state index contributed by atoms with van der Waals surface area (Å²) in [6.45, 7) is 11.3. The molecule has 1 fully saturated rings. The minimum atomic E-state index is -1.02. The largest absolute Gasteiger partial charge is 0.383 e. The van der Waals surface area contributed by atoms with E-state index in [-0.39, 0.29) is 17.7 Å². The molecule has 0 bridgehead atoms. The van der Waals surface area contributed by atoms with Crippen LogP contribution < -0.4 is 11.1 Å². The van der Waals surface area contributed by atoms with Crippen molar-refractivity contribution in [2.24, 2.45) is 5.92 Å². The predicted octanol–water partition coefficient (Wildman–Crippen LogP) is 5.44. The van der Waals surface area contributed by atoms with E-state index in [0.29, 0.717) is 29.6 Å². The van der Waals surface area contributed by atoms with Crippen LogP contribution in [0, 0.1) is 29.9 Å². The van der Waals surface area contributed by atoms with Gasteiger partial charge >= 0.3 is 0 Å². The van der Waals surface area contributed by atoms with E-state index in [2.05, 4.69) is 33.3 Å². The highest BCUT2D eigenvalue weighted by Crippen LogP contribution is 2.30. The number of nitrogen functional groups attached to an aromatic ring is 1. The molecule has 3 aromatic rings. The van der Waals surface area contributed by atoms with Crippen LogP contribution in [0.4, 0.5) is 14.6 Å². The minimum Gasteiger partial charge on any atom is -0.383 e. The van der Waals surface area contributed by atoms with Crippen molar-refractivity contribution in [1.82, 2.24) is 20.2 Å². The summed E-state index contributed by atoms with van der Waals surface area (Å²) in [6, 6.07) is 9.74. The van der Waals surface area contributed by atoms with E-state index in [1.807, 2.05) is 24.3 Å². The maximum absolute atomic E-state index is 13.8. The van der Waals surface area contributed by atoms with Crippen LogP contribution in [0.5, 0.6) is 0 Å². The van der Waals surface area contributed by atoms with Crippen molar-refractivity contribution in [2.75, 3.05) is 18.8 Å². The topological polar surface area (TPSA) is 108 Å². The summed E-state index contributed by atoms with van der Waals surface area (Å²) in [5.74, 6) is -1.21. The molecule has 1 aromatic heterocycles. The highest BCUT2D eigenvalue weighted by atomic mass is 19.2. The number of likely N-dealkylation sites (tertiary alicyclic amines) is 1. The van der Waals surface area contributed by atoms with Crippen LogP contribution in [0.25, 0.3) is 5.57 Å². The number of piperidine rings is 1. The van der Waals surface area contributed by atoms with Gasteiger partial charge < -0.3 is 16.0 Å². The van der Waals surface area contributed by atoms with Gasteiger partial charge in [-0.05, 0) is 73.4 Å². The zero-order valence-electron chi connectivity index (χ0n) is 22.6. The van der Waals surface area contributed by atoms with Crippen LogP contribution in [0.3, 0.4) is 0 Å². The van der Waals surface area contributed by atoms with E-state index in [4.69, 9.17) is 11.1 Å². The fourth-order valence-corrected chi connectivity index (χ4v) is 5.09. The number of amidine groups is 1. The molecule has 1 amide bonds. The Labute approximate surface area is 233 Å². The zero-order valence-corrected chi connectivity index (χ0v) is 22.6. The normalized spacial score (nSPS) is 15.0. The lowest BCUT2D eigenvalue weighted by atomic mass is 9.90. The number of nitrogens with two attached hydrogens (primary N) is 1. The molecule has 2 aromatic carbocycles. The van der Waals surface area contributed by atoms with Crippen LogP contribution in [0.1, 0.15) is 57.6 Å². The Kier molecular flexibility index (Phi) is 9.04. The van der Waals surface area contributed by atoms with E-state index < -0.39 is 17.5 Å². The van der Waals surface area contributed by atoms with Gasteiger partial charge in [-0.1, -0.05) is 37.4 Å². The quantitative estimate of drug-likeness (QED) is 0.245. The summed E-state index contributed by atoms with van der Waals surface area (Å²) < 4.78 is 27.2. The number of rotatable bonds is 9. The number of hydrogen-bond donors (Lipinski definition) is 3. The Balaban J connectivity index is 1.41. The molecule has 4 rings (SSSR count). The molecule has 208 valence electrons. The molecule has 1 aliphatic heterocycles. The first-order valence-electron chi connectivity index (χ1n) is 13.3. The third-order valence-electron chi connectivity index (χ3n) is 7.44. The van der Waals surface area contributed by atoms with Crippen molar-refractivity contribution in [1.29, 1.82) is 5.41 Å². The maximum Gasteiger partial charge on any atom is 0.251 e. The molecular weight excluding hydrogens is 510 g/mol. The Morgan fingerprint density at radius 1 is 1.23 bits per heavy atom. The third-order valence-corrected chi connectivity index (χ3v) is 7.44. The SMILES string of the molecule is C=CC(=N)N1CCCC(CCc2ncnc(N)c2C(=C)c2ccc(CNC(=O)c3ccc(F)c(F)c3C)cc2)C1. The summed E-state index contributed by atoms with van der Waals surface area (Å²) in [7, 11) is 0. The van der Waals surface area contributed by atoms with E-state index in [1.54, 1.807) is 6.08 Å². The van der Waals surface area contributed by atoms with Gasteiger partial charge in [-0.2, -0.15) is 0 Å². The molecule has 7 nitrogen and oxygen atoms in total. The van der Waals surface area contributed by atoms with Crippen LogP contribution in [0.2, 0.25) is 0 Å². The molecule has 1 unspecified atom stereocenters. The van der Waals surface area contributed by atoms with Crippen molar-refractivity contribution in [3.05, 3.63) is 107 Å². The summed E-state index contributed by atoms with van der Waals surface area (Å²) in [6.07, 6.45) is 6.83. The average Bonchev–Trinajstić information content (AvgIpc) is 2.97. The van der Waals surface area contributed by atoms with Gasteiger partial charge in [-0.25, -0.2) is 18.7 Å². The fraction of sp³-hybridized carbons (Fsp3) is 0.290. The first-order chi connectivity index (χ1) is 19.2. The highest BCUT2D eigenvalue weighted by Gasteiger charge is 2.22.